The lowest BCUT2D eigenvalue weighted by molar-refractivity contribution is 0.304. The minimum absolute atomic E-state index is 0.604. The van der Waals surface area contributed by atoms with Crippen LogP contribution in [-0.4, -0.2) is 0 Å². The van der Waals surface area contributed by atoms with Crippen LogP contribution in [0, 0.1) is 3.57 Å². The molecule has 82 valence electrons. The molecular weight excluding hydrogens is 379 g/mol. The Morgan fingerprint density at radius 1 is 1.00 bits per heavy atom. The van der Waals surface area contributed by atoms with Crippen LogP contribution in [0.15, 0.2) is 53.0 Å². The van der Waals surface area contributed by atoms with Gasteiger partial charge in [-0.3, -0.25) is 0 Å². The zero-order chi connectivity index (χ0) is 11.4. The van der Waals surface area contributed by atoms with Gasteiger partial charge in [-0.25, -0.2) is 0 Å². The van der Waals surface area contributed by atoms with Crippen LogP contribution in [0.1, 0.15) is 5.56 Å². The maximum absolute atomic E-state index is 5.77. The van der Waals surface area contributed by atoms with Crippen molar-refractivity contribution in [3.05, 3.63) is 62.1 Å². The standard InChI is InChI=1S/C13H10BrIO/c14-11-7-4-8-12(13(11)15)16-9-10-5-2-1-3-6-10/h1-8H,9H2. The van der Waals surface area contributed by atoms with Gasteiger partial charge in [0.05, 0.1) is 3.57 Å². The molecular formula is C13H10BrIO. The molecule has 0 unspecified atom stereocenters. The molecule has 2 aromatic rings. The average Bonchev–Trinajstić information content (AvgIpc) is 2.32. The van der Waals surface area contributed by atoms with E-state index >= 15 is 0 Å². The van der Waals surface area contributed by atoms with Crippen molar-refractivity contribution in [1.29, 1.82) is 0 Å². The van der Waals surface area contributed by atoms with Gasteiger partial charge in [0.25, 0.3) is 0 Å². The lowest BCUT2D eigenvalue weighted by Crippen LogP contribution is -1.96. The molecule has 0 aliphatic carbocycles. The highest BCUT2D eigenvalue weighted by Gasteiger charge is 2.04. The molecule has 2 rings (SSSR count). The number of rotatable bonds is 3. The molecule has 0 aromatic heterocycles. The molecule has 1 nitrogen and oxygen atoms in total. The van der Waals surface area contributed by atoms with Crippen molar-refractivity contribution in [2.45, 2.75) is 6.61 Å². The normalized spacial score (nSPS) is 10.1. The number of ether oxygens (including phenoxy) is 1. The number of hydrogen-bond acceptors (Lipinski definition) is 1. The lowest BCUT2D eigenvalue weighted by Gasteiger charge is -2.09. The molecule has 0 saturated carbocycles. The van der Waals surface area contributed by atoms with Gasteiger partial charge < -0.3 is 4.74 Å². The van der Waals surface area contributed by atoms with Gasteiger partial charge in [-0.2, -0.15) is 0 Å². The minimum Gasteiger partial charge on any atom is -0.488 e. The summed E-state index contributed by atoms with van der Waals surface area (Å²) in [4.78, 5) is 0. The van der Waals surface area contributed by atoms with E-state index < -0.39 is 0 Å². The maximum atomic E-state index is 5.77. The van der Waals surface area contributed by atoms with Crippen LogP contribution in [0.2, 0.25) is 0 Å². The number of hydrogen-bond donors (Lipinski definition) is 0. The van der Waals surface area contributed by atoms with Gasteiger partial charge in [-0.05, 0) is 56.2 Å². The Hall–Kier alpha value is -0.550. The highest BCUT2D eigenvalue weighted by atomic mass is 127. The molecule has 0 bridgehead atoms. The fourth-order valence-electron chi connectivity index (χ4n) is 1.33. The van der Waals surface area contributed by atoms with Gasteiger partial charge in [0.15, 0.2) is 0 Å². The number of benzene rings is 2. The van der Waals surface area contributed by atoms with Crippen molar-refractivity contribution in [3.63, 3.8) is 0 Å². The first kappa shape index (κ1) is 11.9. The molecule has 0 spiro atoms. The fraction of sp³-hybridized carbons (Fsp3) is 0.0769. The Morgan fingerprint density at radius 3 is 2.50 bits per heavy atom. The summed E-state index contributed by atoms with van der Waals surface area (Å²) in [6, 6.07) is 16.1. The Kier molecular flexibility index (Phi) is 4.23. The zero-order valence-corrected chi connectivity index (χ0v) is 12.2. The molecule has 0 radical (unpaired) electrons. The molecule has 0 N–H and O–H groups in total. The van der Waals surface area contributed by atoms with E-state index in [9.17, 15) is 0 Å². The van der Waals surface area contributed by atoms with Crippen molar-refractivity contribution in [1.82, 2.24) is 0 Å². The summed E-state index contributed by atoms with van der Waals surface area (Å²) in [5.41, 5.74) is 1.18. The smallest absolute Gasteiger partial charge is 0.134 e. The molecule has 0 aliphatic heterocycles. The summed E-state index contributed by atoms with van der Waals surface area (Å²) in [6.07, 6.45) is 0. The van der Waals surface area contributed by atoms with Crippen molar-refractivity contribution < 1.29 is 4.74 Å². The minimum atomic E-state index is 0.604. The van der Waals surface area contributed by atoms with Crippen molar-refractivity contribution >= 4 is 38.5 Å². The van der Waals surface area contributed by atoms with Crippen LogP contribution in [0.3, 0.4) is 0 Å². The molecule has 0 atom stereocenters. The van der Waals surface area contributed by atoms with Crippen molar-refractivity contribution in [2.75, 3.05) is 0 Å². The van der Waals surface area contributed by atoms with Crippen LogP contribution >= 0.6 is 38.5 Å². The SMILES string of the molecule is Brc1cccc(OCc2ccccc2)c1I. The van der Waals surface area contributed by atoms with E-state index in [2.05, 4.69) is 50.7 Å². The van der Waals surface area contributed by atoms with E-state index in [-0.39, 0.29) is 0 Å². The maximum Gasteiger partial charge on any atom is 0.134 e. The predicted molar refractivity (Wildman–Crippen MR) is 77.6 cm³/mol. The molecule has 0 fully saturated rings. The third-order valence-corrected chi connectivity index (χ3v) is 4.67. The van der Waals surface area contributed by atoms with E-state index in [0.29, 0.717) is 6.61 Å². The highest BCUT2D eigenvalue weighted by molar-refractivity contribution is 14.1. The third kappa shape index (κ3) is 2.98. The van der Waals surface area contributed by atoms with Gasteiger partial charge >= 0.3 is 0 Å². The van der Waals surface area contributed by atoms with Gasteiger partial charge in [-0.1, -0.05) is 36.4 Å². The summed E-state index contributed by atoms with van der Waals surface area (Å²) in [5.74, 6) is 0.916. The molecule has 3 heteroatoms. The van der Waals surface area contributed by atoms with Crippen molar-refractivity contribution in [3.8, 4) is 5.75 Å². The van der Waals surface area contributed by atoms with Gasteiger partial charge in [0.2, 0.25) is 0 Å². The van der Waals surface area contributed by atoms with E-state index in [1.807, 2.05) is 36.4 Å². The Balaban J connectivity index is 2.08. The quantitative estimate of drug-likeness (QED) is 0.696. The monoisotopic (exact) mass is 388 g/mol. The molecule has 0 aliphatic rings. The van der Waals surface area contributed by atoms with E-state index in [4.69, 9.17) is 4.74 Å². The summed E-state index contributed by atoms with van der Waals surface area (Å²) >= 11 is 5.76. The topological polar surface area (TPSA) is 9.23 Å². The largest absolute Gasteiger partial charge is 0.488 e. The second-order valence-corrected chi connectivity index (χ2v) is 5.26. The van der Waals surface area contributed by atoms with Gasteiger partial charge in [-0.15, -0.1) is 0 Å². The van der Waals surface area contributed by atoms with Gasteiger partial charge in [0, 0.05) is 4.47 Å². The summed E-state index contributed by atoms with van der Waals surface area (Å²) in [5, 5.41) is 0. The van der Waals surface area contributed by atoms with E-state index in [0.717, 1.165) is 13.8 Å². The van der Waals surface area contributed by atoms with E-state index in [1.165, 1.54) is 5.56 Å². The molecule has 2 aromatic carbocycles. The third-order valence-electron chi connectivity index (χ3n) is 2.15. The lowest BCUT2D eigenvalue weighted by atomic mass is 10.2. The Labute approximate surface area is 117 Å². The average molecular weight is 389 g/mol. The first-order valence-electron chi connectivity index (χ1n) is 4.88. The number of halogens is 2. The predicted octanol–water partition coefficient (Wildman–Crippen LogP) is 4.63. The summed E-state index contributed by atoms with van der Waals surface area (Å²) in [7, 11) is 0. The van der Waals surface area contributed by atoms with E-state index in [1.54, 1.807) is 0 Å². The van der Waals surface area contributed by atoms with Crippen LogP contribution in [0.5, 0.6) is 5.75 Å². The first-order valence-corrected chi connectivity index (χ1v) is 6.75. The fourth-order valence-corrected chi connectivity index (χ4v) is 2.19. The Morgan fingerprint density at radius 2 is 1.75 bits per heavy atom. The van der Waals surface area contributed by atoms with Crippen LogP contribution < -0.4 is 4.74 Å². The van der Waals surface area contributed by atoms with Gasteiger partial charge in [0.1, 0.15) is 12.4 Å². The summed E-state index contributed by atoms with van der Waals surface area (Å²) < 4.78 is 7.94. The molecule has 0 heterocycles. The highest BCUT2D eigenvalue weighted by Crippen LogP contribution is 2.28. The van der Waals surface area contributed by atoms with Crippen LogP contribution in [0.25, 0.3) is 0 Å². The van der Waals surface area contributed by atoms with Crippen LogP contribution in [0.4, 0.5) is 0 Å². The van der Waals surface area contributed by atoms with Crippen molar-refractivity contribution in [2.24, 2.45) is 0 Å². The molecule has 0 saturated heterocycles. The molecule has 0 amide bonds. The second-order valence-electron chi connectivity index (χ2n) is 3.33. The Bertz CT molecular complexity index is 471. The zero-order valence-electron chi connectivity index (χ0n) is 8.49. The summed E-state index contributed by atoms with van der Waals surface area (Å²) in [6.45, 7) is 0.604. The first-order chi connectivity index (χ1) is 7.77. The second kappa shape index (κ2) is 5.68. The molecule has 16 heavy (non-hydrogen) atoms. The van der Waals surface area contributed by atoms with Crippen LogP contribution in [-0.2, 0) is 6.61 Å².